The molecule has 1 aliphatic heterocycles. The number of fused-ring (bicyclic) bond motifs is 1. The first kappa shape index (κ1) is 16.6. The van der Waals surface area contributed by atoms with Gasteiger partial charge in [0.2, 0.25) is 0 Å². The number of piperidine rings is 1. The highest BCUT2D eigenvalue weighted by molar-refractivity contribution is 5.82. The van der Waals surface area contributed by atoms with E-state index in [-0.39, 0.29) is 11.2 Å². The Labute approximate surface area is 155 Å². The van der Waals surface area contributed by atoms with Gasteiger partial charge in [0.1, 0.15) is 5.78 Å². The van der Waals surface area contributed by atoms with Gasteiger partial charge in [-0.25, -0.2) is 0 Å². The van der Waals surface area contributed by atoms with E-state index in [4.69, 9.17) is 4.74 Å². The first-order valence-electron chi connectivity index (χ1n) is 10.3. The lowest BCUT2D eigenvalue weighted by atomic mass is 9.52. The fourth-order valence-electron chi connectivity index (χ4n) is 6.40. The molecule has 0 amide bonds. The second-order valence-electron chi connectivity index (χ2n) is 8.98. The van der Waals surface area contributed by atoms with Crippen LogP contribution in [-0.2, 0) is 16.6 Å². The zero-order valence-corrected chi connectivity index (χ0v) is 15.7. The molecule has 2 saturated carbocycles. The fraction of sp³-hybridized carbons (Fsp3) is 0.682. The number of benzene rings is 1. The summed E-state index contributed by atoms with van der Waals surface area (Å²) in [6.07, 6.45) is 8.42. The second-order valence-corrected chi connectivity index (χ2v) is 8.98. The van der Waals surface area contributed by atoms with Crippen LogP contribution in [-0.4, -0.2) is 42.0 Å². The maximum absolute atomic E-state index is 12.5. The molecule has 4 aliphatic rings. The predicted molar refractivity (Wildman–Crippen MR) is 99.7 cm³/mol. The molecule has 1 aromatic carbocycles. The van der Waals surface area contributed by atoms with Gasteiger partial charge in [-0.05, 0) is 62.1 Å². The topological polar surface area (TPSA) is 49.8 Å². The number of hydrogen-bond acceptors (Lipinski definition) is 4. The Kier molecular flexibility index (Phi) is 3.82. The van der Waals surface area contributed by atoms with Crippen molar-refractivity contribution < 1.29 is 14.6 Å². The van der Waals surface area contributed by atoms with E-state index in [1.54, 1.807) is 7.11 Å². The molecule has 0 spiro atoms. The van der Waals surface area contributed by atoms with Gasteiger partial charge in [-0.15, -0.1) is 0 Å². The van der Waals surface area contributed by atoms with E-state index in [1.165, 1.54) is 31.4 Å². The van der Waals surface area contributed by atoms with Crippen LogP contribution in [0.2, 0.25) is 0 Å². The van der Waals surface area contributed by atoms with E-state index in [2.05, 4.69) is 11.0 Å². The number of likely N-dealkylation sites (tertiary alicyclic amines) is 1. The lowest BCUT2D eigenvalue weighted by molar-refractivity contribution is -0.127. The largest absolute Gasteiger partial charge is 0.504 e. The number of carbonyl (C=O) groups excluding carboxylic acids is 1. The Morgan fingerprint density at radius 2 is 2.15 bits per heavy atom. The summed E-state index contributed by atoms with van der Waals surface area (Å²) in [6, 6.07) is 4.55. The first-order valence-corrected chi connectivity index (χ1v) is 10.3. The maximum Gasteiger partial charge on any atom is 0.161 e. The van der Waals surface area contributed by atoms with Gasteiger partial charge in [0.15, 0.2) is 11.5 Å². The molecule has 3 atom stereocenters. The summed E-state index contributed by atoms with van der Waals surface area (Å²) in [5, 5.41) is 11.0. The van der Waals surface area contributed by atoms with Crippen molar-refractivity contribution in [1.29, 1.82) is 0 Å². The van der Waals surface area contributed by atoms with Crippen LogP contribution in [0.5, 0.6) is 11.5 Å². The number of nitrogens with zero attached hydrogens (tertiary/aromatic N) is 1. The number of ether oxygens (including phenoxy) is 1. The third kappa shape index (κ3) is 2.27. The summed E-state index contributed by atoms with van der Waals surface area (Å²) in [5.74, 6) is 2.56. The first-order chi connectivity index (χ1) is 12.6. The summed E-state index contributed by atoms with van der Waals surface area (Å²) in [4.78, 5) is 15.2. The van der Waals surface area contributed by atoms with Crippen LogP contribution < -0.4 is 4.74 Å². The molecule has 0 aromatic heterocycles. The Morgan fingerprint density at radius 1 is 1.31 bits per heavy atom. The Bertz CT molecular complexity index is 741. The molecule has 0 radical (unpaired) electrons. The van der Waals surface area contributed by atoms with Gasteiger partial charge in [-0.1, -0.05) is 12.5 Å². The third-order valence-corrected chi connectivity index (χ3v) is 7.83. The average molecular weight is 355 g/mol. The number of methoxy groups -OCH3 is 1. The van der Waals surface area contributed by atoms with E-state index in [0.717, 1.165) is 37.3 Å². The van der Waals surface area contributed by atoms with E-state index in [1.807, 2.05) is 6.07 Å². The number of hydrogen-bond donors (Lipinski definition) is 1. The van der Waals surface area contributed by atoms with Crippen LogP contribution in [0.1, 0.15) is 56.1 Å². The molecule has 1 heterocycles. The second kappa shape index (κ2) is 5.98. The minimum atomic E-state index is -0.178. The van der Waals surface area contributed by atoms with Gasteiger partial charge in [0.05, 0.1) is 7.11 Å². The van der Waals surface area contributed by atoms with Gasteiger partial charge in [-0.2, -0.15) is 0 Å². The van der Waals surface area contributed by atoms with E-state index < -0.39 is 0 Å². The van der Waals surface area contributed by atoms with E-state index >= 15 is 0 Å². The van der Waals surface area contributed by atoms with Crippen molar-refractivity contribution in [2.45, 2.75) is 62.8 Å². The van der Waals surface area contributed by atoms with Crippen LogP contribution in [0.15, 0.2) is 12.1 Å². The van der Waals surface area contributed by atoms with E-state index in [9.17, 15) is 9.90 Å². The molecule has 5 rings (SSSR count). The van der Waals surface area contributed by atoms with Crippen molar-refractivity contribution in [3.63, 3.8) is 0 Å². The van der Waals surface area contributed by atoms with Crippen molar-refractivity contribution in [2.75, 3.05) is 20.2 Å². The number of phenols is 1. The number of carbonyl (C=O) groups is 1. The molecule has 3 aliphatic carbocycles. The molecule has 2 bridgehead atoms. The normalized spacial score (nSPS) is 34.0. The van der Waals surface area contributed by atoms with Crippen LogP contribution in [0.4, 0.5) is 0 Å². The third-order valence-electron chi connectivity index (χ3n) is 7.83. The molecular formula is C22H29NO3. The molecule has 4 heteroatoms. The summed E-state index contributed by atoms with van der Waals surface area (Å²) in [6.45, 7) is 2.28. The standard InChI is InChI=1S/C22H29NO3/c1-26-19-8-5-15-11-18-17-7-6-16(24)12-22(17,20(15)21(19)25)9-10-23(18)13-14-3-2-4-14/h5,8,14,17-18,25H,2-4,6-7,9-13H2,1H3/t17-,18+,22-/m1/s1. The highest BCUT2D eigenvalue weighted by atomic mass is 16.5. The molecule has 1 saturated heterocycles. The zero-order valence-electron chi connectivity index (χ0n) is 15.7. The fourth-order valence-corrected chi connectivity index (χ4v) is 6.40. The maximum atomic E-state index is 12.5. The van der Waals surface area contributed by atoms with Gasteiger partial charge < -0.3 is 9.84 Å². The monoisotopic (exact) mass is 355 g/mol. The average Bonchev–Trinajstić information content (AvgIpc) is 2.59. The van der Waals surface area contributed by atoms with Gasteiger partial charge >= 0.3 is 0 Å². The Hall–Kier alpha value is -1.55. The lowest BCUT2D eigenvalue weighted by Gasteiger charge is -2.59. The van der Waals surface area contributed by atoms with Crippen molar-refractivity contribution in [3.05, 3.63) is 23.3 Å². The SMILES string of the molecule is COc1ccc2c(c1O)[C@@]13CCN(CC4CCC4)[C@@H](C2)[C@H]1CCC(=O)C3. The minimum absolute atomic E-state index is 0.178. The predicted octanol–water partition coefficient (Wildman–Crippen LogP) is 3.44. The van der Waals surface area contributed by atoms with Gasteiger partial charge in [0.25, 0.3) is 0 Å². The van der Waals surface area contributed by atoms with Crippen LogP contribution in [0, 0.1) is 11.8 Å². The van der Waals surface area contributed by atoms with E-state index in [0.29, 0.717) is 36.3 Å². The number of Topliss-reactive ketones (excluding diaryl/α,β-unsaturated/α-hetero) is 1. The molecular weight excluding hydrogens is 326 g/mol. The van der Waals surface area contributed by atoms with Gasteiger partial charge in [-0.3, -0.25) is 9.69 Å². The highest BCUT2D eigenvalue weighted by Crippen LogP contribution is 2.58. The lowest BCUT2D eigenvalue weighted by Crippen LogP contribution is -2.62. The number of phenolic OH excluding ortho intramolecular Hbond substituents is 1. The zero-order chi connectivity index (χ0) is 17.9. The number of rotatable bonds is 3. The van der Waals surface area contributed by atoms with Crippen molar-refractivity contribution >= 4 is 5.78 Å². The van der Waals surface area contributed by atoms with Crippen molar-refractivity contribution in [2.24, 2.45) is 11.8 Å². The van der Waals surface area contributed by atoms with Crippen LogP contribution >= 0.6 is 0 Å². The van der Waals surface area contributed by atoms with Gasteiger partial charge in [0, 0.05) is 36.4 Å². The van der Waals surface area contributed by atoms with Crippen LogP contribution in [0.3, 0.4) is 0 Å². The summed E-state index contributed by atoms with van der Waals surface area (Å²) in [7, 11) is 1.61. The molecule has 140 valence electrons. The van der Waals surface area contributed by atoms with Crippen LogP contribution in [0.25, 0.3) is 0 Å². The summed E-state index contributed by atoms with van der Waals surface area (Å²) in [5.41, 5.74) is 2.09. The summed E-state index contributed by atoms with van der Waals surface area (Å²) < 4.78 is 5.40. The Balaban J connectivity index is 1.59. The molecule has 26 heavy (non-hydrogen) atoms. The number of ketones is 1. The molecule has 3 fully saturated rings. The number of aromatic hydroxyl groups is 1. The molecule has 1 N–H and O–H groups in total. The quantitative estimate of drug-likeness (QED) is 0.902. The Morgan fingerprint density at radius 3 is 2.88 bits per heavy atom. The van der Waals surface area contributed by atoms with Crippen molar-refractivity contribution in [1.82, 2.24) is 4.90 Å². The highest BCUT2D eigenvalue weighted by Gasteiger charge is 2.57. The molecule has 1 aromatic rings. The summed E-state index contributed by atoms with van der Waals surface area (Å²) >= 11 is 0. The smallest absolute Gasteiger partial charge is 0.161 e. The molecule has 4 nitrogen and oxygen atoms in total. The molecule has 0 unspecified atom stereocenters. The minimum Gasteiger partial charge on any atom is -0.504 e. The van der Waals surface area contributed by atoms with Crippen molar-refractivity contribution in [3.8, 4) is 11.5 Å².